The lowest BCUT2D eigenvalue weighted by Gasteiger charge is -2.06. The molecule has 3 rings (SSSR count). The van der Waals surface area contributed by atoms with E-state index in [-0.39, 0.29) is 5.91 Å². The zero-order valence-corrected chi connectivity index (χ0v) is 13.5. The van der Waals surface area contributed by atoms with E-state index in [9.17, 15) is 4.79 Å². The average molecular weight is 307 g/mol. The third kappa shape index (κ3) is 3.97. The smallest absolute Gasteiger partial charge is 0.224 e. The summed E-state index contributed by atoms with van der Waals surface area (Å²) in [7, 11) is 0. The number of carbonyl (C=O) groups is 1. The van der Waals surface area contributed by atoms with E-state index >= 15 is 0 Å². The lowest BCUT2D eigenvalue weighted by molar-refractivity contribution is -0.120. The van der Waals surface area contributed by atoms with E-state index in [0.29, 0.717) is 13.0 Å². The van der Waals surface area contributed by atoms with E-state index in [1.165, 1.54) is 11.1 Å². The second kappa shape index (κ2) is 6.65. The minimum Gasteiger partial charge on any atom is -0.355 e. The van der Waals surface area contributed by atoms with Crippen LogP contribution in [0.25, 0.3) is 11.0 Å². The van der Waals surface area contributed by atoms with Gasteiger partial charge in [-0.25, -0.2) is 4.98 Å². The Hall–Kier alpha value is -2.62. The minimum absolute atomic E-state index is 0.0639. The fraction of sp³-hybridized carbons (Fsp3) is 0.263. The van der Waals surface area contributed by atoms with Crippen LogP contribution in [0.1, 0.15) is 22.5 Å². The Labute approximate surface area is 136 Å². The molecular formula is C19H21N3O. The highest BCUT2D eigenvalue weighted by Gasteiger charge is 2.04. The van der Waals surface area contributed by atoms with E-state index in [0.717, 1.165) is 28.8 Å². The van der Waals surface area contributed by atoms with Gasteiger partial charge >= 0.3 is 0 Å². The van der Waals surface area contributed by atoms with Crippen molar-refractivity contribution in [3.05, 3.63) is 65.0 Å². The van der Waals surface area contributed by atoms with Crippen LogP contribution in [0.2, 0.25) is 0 Å². The number of hydrogen-bond donors (Lipinski definition) is 2. The zero-order chi connectivity index (χ0) is 16.2. The van der Waals surface area contributed by atoms with E-state index in [1.54, 1.807) is 0 Å². The second-order valence-electron chi connectivity index (χ2n) is 5.94. The normalized spacial score (nSPS) is 10.9. The molecule has 4 nitrogen and oxygen atoms in total. The first-order valence-electron chi connectivity index (χ1n) is 7.87. The van der Waals surface area contributed by atoms with E-state index in [1.807, 2.05) is 44.2 Å². The number of aromatic amines is 1. The van der Waals surface area contributed by atoms with Gasteiger partial charge in [0, 0.05) is 6.54 Å². The van der Waals surface area contributed by atoms with Crippen molar-refractivity contribution < 1.29 is 4.79 Å². The van der Waals surface area contributed by atoms with Gasteiger partial charge in [0.2, 0.25) is 5.91 Å². The first-order valence-corrected chi connectivity index (χ1v) is 7.87. The first kappa shape index (κ1) is 15.3. The summed E-state index contributed by atoms with van der Waals surface area (Å²) in [6, 6.07) is 14.2. The summed E-state index contributed by atoms with van der Waals surface area (Å²) in [5.41, 5.74) is 5.45. The van der Waals surface area contributed by atoms with Gasteiger partial charge < -0.3 is 10.3 Å². The number of rotatable bonds is 5. The van der Waals surface area contributed by atoms with Gasteiger partial charge in [0.05, 0.1) is 17.5 Å². The standard InChI is InChI=1S/C19H21N3O/c1-13-4-3-5-16(10-13)12-19(23)20-9-8-15-6-7-17-18(11-15)22-14(2)21-17/h3-7,10-11H,8-9,12H2,1-2H3,(H,20,23)(H,21,22). The molecule has 2 N–H and O–H groups in total. The number of H-pyrrole nitrogens is 1. The molecule has 118 valence electrons. The number of aryl methyl sites for hydroxylation is 2. The van der Waals surface area contributed by atoms with Crippen LogP contribution in [0.3, 0.4) is 0 Å². The Bertz CT molecular complexity index is 836. The van der Waals surface area contributed by atoms with Gasteiger partial charge in [0.1, 0.15) is 5.82 Å². The average Bonchev–Trinajstić information content (AvgIpc) is 2.86. The predicted octanol–water partition coefficient (Wildman–Crippen LogP) is 3.08. The van der Waals surface area contributed by atoms with Crippen LogP contribution < -0.4 is 5.32 Å². The van der Waals surface area contributed by atoms with Crippen molar-refractivity contribution in [2.24, 2.45) is 0 Å². The maximum absolute atomic E-state index is 12.0. The molecule has 0 aliphatic heterocycles. The topological polar surface area (TPSA) is 57.8 Å². The Kier molecular flexibility index (Phi) is 4.42. The summed E-state index contributed by atoms with van der Waals surface area (Å²) in [5, 5.41) is 2.99. The van der Waals surface area contributed by atoms with Crippen LogP contribution in [-0.4, -0.2) is 22.4 Å². The van der Waals surface area contributed by atoms with Crippen LogP contribution in [0.15, 0.2) is 42.5 Å². The highest BCUT2D eigenvalue weighted by atomic mass is 16.1. The quantitative estimate of drug-likeness (QED) is 0.761. The van der Waals surface area contributed by atoms with E-state index < -0.39 is 0 Å². The zero-order valence-electron chi connectivity index (χ0n) is 13.5. The lowest BCUT2D eigenvalue weighted by atomic mass is 10.1. The Morgan fingerprint density at radius 3 is 2.83 bits per heavy atom. The molecule has 1 heterocycles. The molecule has 3 aromatic rings. The minimum atomic E-state index is 0.0639. The predicted molar refractivity (Wildman–Crippen MR) is 92.4 cm³/mol. The number of carbonyl (C=O) groups excluding carboxylic acids is 1. The van der Waals surface area contributed by atoms with Crippen molar-refractivity contribution in [1.29, 1.82) is 0 Å². The number of nitrogens with zero attached hydrogens (tertiary/aromatic N) is 1. The maximum Gasteiger partial charge on any atom is 0.224 e. The van der Waals surface area contributed by atoms with Crippen molar-refractivity contribution in [3.63, 3.8) is 0 Å². The molecule has 0 atom stereocenters. The van der Waals surface area contributed by atoms with Crippen LogP contribution in [0, 0.1) is 13.8 Å². The summed E-state index contributed by atoms with van der Waals surface area (Å²) in [4.78, 5) is 19.6. The molecule has 0 aliphatic rings. The molecular weight excluding hydrogens is 286 g/mol. The molecule has 23 heavy (non-hydrogen) atoms. The summed E-state index contributed by atoms with van der Waals surface area (Å²) in [6.07, 6.45) is 1.24. The molecule has 0 radical (unpaired) electrons. The number of hydrogen-bond acceptors (Lipinski definition) is 2. The van der Waals surface area contributed by atoms with Gasteiger partial charge in [-0.3, -0.25) is 4.79 Å². The van der Waals surface area contributed by atoms with Crippen molar-refractivity contribution in [2.75, 3.05) is 6.54 Å². The van der Waals surface area contributed by atoms with E-state index in [2.05, 4.69) is 27.4 Å². The number of benzene rings is 2. The maximum atomic E-state index is 12.0. The lowest BCUT2D eigenvalue weighted by Crippen LogP contribution is -2.27. The molecule has 0 aliphatic carbocycles. The summed E-state index contributed by atoms with van der Waals surface area (Å²) in [5.74, 6) is 0.984. The Morgan fingerprint density at radius 1 is 1.13 bits per heavy atom. The van der Waals surface area contributed by atoms with Gasteiger partial charge in [-0.2, -0.15) is 0 Å². The number of fused-ring (bicyclic) bond motifs is 1. The van der Waals surface area contributed by atoms with Gasteiger partial charge in [-0.1, -0.05) is 35.9 Å². The van der Waals surface area contributed by atoms with Crippen molar-refractivity contribution >= 4 is 16.9 Å². The largest absolute Gasteiger partial charge is 0.355 e. The third-order valence-electron chi connectivity index (χ3n) is 3.85. The number of aromatic nitrogens is 2. The summed E-state index contributed by atoms with van der Waals surface area (Å²) >= 11 is 0. The highest BCUT2D eigenvalue weighted by Crippen LogP contribution is 2.13. The molecule has 0 spiro atoms. The molecule has 0 saturated carbocycles. The van der Waals surface area contributed by atoms with Crippen LogP contribution in [0.5, 0.6) is 0 Å². The summed E-state index contributed by atoms with van der Waals surface area (Å²) in [6.45, 7) is 4.63. The highest BCUT2D eigenvalue weighted by molar-refractivity contribution is 5.78. The van der Waals surface area contributed by atoms with Gasteiger partial charge in [-0.05, 0) is 43.5 Å². The SMILES string of the molecule is Cc1cccc(CC(=O)NCCc2ccc3nc(C)[nH]c3c2)c1. The van der Waals surface area contributed by atoms with Gasteiger partial charge in [0.25, 0.3) is 0 Å². The molecule has 1 amide bonds. The monoisotopic (exact) mass is 307 g/mol. The third-order valence-corrected chi connectivity index (χ3v) is 3.85. The second-order valence-corrected chi connectivity index (χ2v) is 5.94. The van der Waals surface area contributed by atoms with Crippen LogP contribution >= 0.6 is 0 Å². The molecule has 0 bridgehead atoms. The molecule has 1 aromatic heterocycles. The Balaban J connectivity index is 1.52. The molecule has 2 aromatic carbocycles. The fourth-order valence-electron chi connectivity index (χ4n) is 2.76. The van der Waals surface area contributed by atoms with Crippen LogP contribution in [0.4, 0.5) is 0 Å². The van der Waals surface area contributed by atoms with E-state index in [4.69, 9.17) is 0 Å². The van der Waals surface area contributed by atoms with Gasteiger partial charge in [-0.15, -0.1) is 0 Å². The molecule has 0 fully saturated rings. The number of amides is 1. The number of imidazole rings is 1. The van der Waals surface area contributed by atoms with Gasteiger partial charge in [0.15, 0.2) is 0 Å². The van der Waals surface area contributed by atoms with Crippen LogP contribution in [-0.2, 0) is 17.6 Å². The van der Waals surface area contributed by atoms with Crippen molar-refractivity contribution in [2.45, 2.75) is 26.7 Å². The van der Waals surface area contributed by atoms with Crippen molar-refractivity contribution in [3.8, 4) is 0 Å². The molecule has 4 heteroatoms. The number of nitrogens with one attached hydrogen (secondary N) is 2. The van der Waals surface area contributed by atoms with Crippen molar-refractivity contribution in [1.82, 2.24) is 15.3 Å². The first-order chi connectivity index (χ1) is 11.1. The Morgan fingerprint density at radius 2 is 2.00 bits per heavy atom. The summed E-state index contributed by atoms with van der Waals surface area (Å²) < 4.78 is 0. The molecule has 0 unspecified atom stereocenters. The molecule has 0 saturated heterocycles. The fourth-order valence-corrected chi connectivity index (χ4v) is 2.76.